The third-order valence-corrected chi connectivity index (χ3v) is 5.54. The van der Waals surface area contributed by atoms with Crippen molar-refractivity contribution in [1.82, 2.24) is 5.32 Å². The maximum atomic E-state index is 5.58. The Morgan fingerprint density at radius 2 is 2.33 bits per heavy atom. The second-order valence-electron chi connectivity index (χ2n) is 4.61. The summed E-state index contributed by atoms with van der Waals surface area (Å²) in [6, 6.07) is 8.94. The van der Waals surface area contributed by atoms with Gasteiger partial charge in [-0.05, 0) is 53.9 Å². The molecule has 1 aromatic carbocycles. The Kier molecular flexibility index (Phi) is 6.02. The van der Waals surface area contributed by atoms with E-state index in [2.05, 4.69) is 52.6 Å². The predicted molar refractivity (Wildman–Crippen MR) is 81.3 cm³/mol. The van der Waals surface area contributed by atoms with Crippen molar-refractivity contribution in [1.29, 1.82) is 0 Å². The van der Waals surface area contributed by atoms with Gasteiger partial charge < -0.3 is 10.1 Å². The Bertz CT molecular complexity index is 369. The molecule has 0 bridgehead atoms. The predicted octanol–water partition coefficient (Wildman–Crippen LogP) is 3.56. The van der Waals surface area contributed by atoms with Crippen LogP contribution in [0.3, 0.4) is 0 Å². The van der Waals surface area contributed by atoms with Gasteiger partial charge in [-0.25, -0.2) is 0 Å². The fourth-order valence-corrected chi connectivity index (χ4v) is 4.09. The molecule has 2 rings (SSSR count). The zero-order valence-electron chi connectivity index (χ0n) is 10.7. The molecule has 0 aliphatic carbocycles. The third kappa shape index (κ3) is 3.98. The minimum Gasteiger partial charge on any atom is -0.381 e. The number of hydrogen-bond donors (Lipinski definition) is 1. The zero-order valence-corrected chi connectivity index (χ0v) is 13.1. The molecular weight excluding hydrogens is 310 g/mol. The Hall–Kier alpha value is -0.0300. The standard InChI is InChI=1S/C14H20BrNOS/c1-16-13(11-5-4-8-17-9-11)10-18-14-7-3-2-6-12(14)15/h2-3,6-7,11,13,16H,4-5,8-10H2,1H3. The van der Waals surface area contributed by atoms with Gasteiger partial charge in [0.15, 0.2) is 0 Å². The molecule has 0 amide bonds. The molecule has 2 unspecified atom stereocenters. The molecule has 2 nitrogen and oxygen atoms in total. The first-order chi connectivity index (χ1) is 8.81. The summed E-state index contributed by atoms with van der Waals surface area (Å²) in [6.07, 6.45) is 2.48. The minimum atomic E-state index is 0.530. The summed E-state index contributed by atoms with van der Waals surface area (Å²) in [4.78, 5) is 1.31. The second kappa shape index (κ2) is 7.53. The maximum absolute atomic E-state index is 5.58. The molecular formula is C14H20BrNOS. The van der Waals surface area contributed by atoms with Crippen molar-refractivity contribution in [3.8, 4) is 0 Å². The minimum absolute atomic E-state index is 0.530. The SMILES string of the molecule is CNC(CSc1ccccc1Br)C1CCCOC1. The Labute approximate surface area is 122 Å². The Morgan fingerprint density at radius 1 is 1.50 bits per heavy atom. The number of benzene rings is 1. The van der Waals surface area contributed by atoms with Crippen LogP contribution < -0.4 is 5.32 Å². The highest BCUT2D eigenvalue weighted by molar-refractivity contribution is 9.10. The fourth-order valence-electron chi connectivity index (χ4n) is 2.28. The largest absolute Gasteiger partial charge is 0.381 e. The molecule has 4 heteroatoms. The maximum Gasteiger partial charge on any atom is 0.0509 e. The van der Waals surface area contributed by atoms with E-state index in [0.29, 0.717) is 12.0 Å². The molecule has 100 valence electrons. The average Bonchev–Trinajstić information content (AvgIpc) is 2.42. The smallest absolute Gasteiger partial charge is 0.0509 e. The van der Waals surface area contributed by atoms with Crippen LogP contribution in [-0.2, 0) is 4.74 Å². The first-order valence-electron chi connectivity index (χ1n) is 6.43. The van der Waals surface area contributed by atoms with E-state index in [1.165, 1.54) is 22.2 Å². The van der Waals surface area contributed by atoms with Crippen LogP contribution in [0.5, 0.6) is 0 Å². The van der Waals surface area contributed by atoms with Gasteiger partial charge in [0, 0.05) is 27.8 Å². The lowest BCUT2D eigenvalue weighted by Gasteiger charge is -2.29. The first kappa shape index (κ1) is 14.4. The van der Waals surface area contributed by atoms with Gasteiger partial charge in [0.25, 0.3) is 0 Å². The van der Waals surface area contributed by atoms with E-state index >= 15 is 0 Å². The number of ether oxygens (including phenoxy) is 1. The van der Waals surface area contributed by atoms with Crippen LogP contribution >= 0.6 is 27.7 Å². The van der Waals surface area contributed by atoms with E-state index in [9.17, 15) is 0 Å². The topological polar surface area (TPSA) is 21.3 Å². The van der Waals surface area contributed by atoms with Crippen LogP contribution in [0.2, 0.25) is 0 Å². The van der Waals surface area contributed by atoms with Crippen LogP contribution in [-0.4, -0.2) is 32.1 Å². The second-order valence-corrected chi connectivity index (χ2v) is 6.53. The van der Waals surface area contributed by atoms with E-state index in [0.717, 1.165) is 19.0 Å². The molecule has 1 N–H and O–H groups in total. The van der Waals surface area contributed by atoms with Crippen LogP contribution in [0.25, 0.3) is 0 Å². The number of hydrogen-bond acceptors (Lipinski definition) is 3. The summed E-state index contributed by atoms with van der Waals surface area (Å²) in [5.41, 5.74) is 0. The van der Waals surface area contributed by atoms with Crippen molar-refractivity contribution in [2.24, 2.45) is 5.92 Å². The highest BCUT2D eigenvalue weighted by Crippen LogP contribution is 2.29. The highest BCUT2D eigenvalue weighted by Gasteiger charge is 2.23. The number of halogens is 1. The van der Waals surface area contributed by atoms with Gasteiger partial charge in [-0.15, -0.1) is 11.8 Å². The van der Waals surface area contributed by atoms with Crippen LogP contribution in [0.4, 0.5) is 0 Å². The molecule has 1 aliphatic heterocycles. The van der Waals surface area contributed by atoms with Gasteiger partial charge in [0.1, 0.15) is 0 Å². The molecule has 2 atom stereocenters. The van der Waals surface area contributed by atoms with Gasteiger partial charge in [-0.3, -0.25) is 0 Å². The van der Waals surface area contributed by atoms with Crippen molar-refractivity contribution < 1.29 is 4.74 Å². The van der Waals surface area contributed by atoms with Gasteiger partial charge in [-0.1, -0.05) is 12.1 Å². The van der Waals surface area contributed by atoms with Crippen molar-refractivity contribution in [3.63, 3.8) is 0 Å². The molecule has 1 aromatic rings. The average molecular weight is 330 g/mol. The molecule has 1 saturated heterocycles. The van der Waals surface area contributed by atoms with E-state index in [4.69, 9.17) is 4.74 Å². The van der Waals surface area contributed by atoms with Crippen molar-refractivity contribution >= 4 is 27.7 Å². The van der Waals surface area contributed by atoms with E-state index in [1.807, 2.05) is 11.8 Å². The fraction of sp³-hybridized carbons (Fsp3) is 0.571. The number of thioether (sulfide) groups is 1. The summed E-state index contributed by atoms with van der Waals surface area (Å²) >= 11 is 5.51. The van der Waals surface area contributed by atoms with Crippen molar-refractivity contribution in [2.45, 2.75) is 23.8 Å². The van der Waals surface area contributed by atoms with Gasteiger partial charge in [0.05, 0.1) is 6.61 Å². The van der Waals surface area contributed by atoms with E-state index < -0.39 is 0 Å². The summed E-state index contributed by atoms with van der Waals surface area (Å²) < 4.78 is 6.77. The van der Waals surface area contributed by atoms with Gasteiger partial charge in [-0.2, -0.15) is 0 Å². The monoisotopic (exact) mass is 329 g/mol. The third-order valence-electron chi connectivity index (χ3n) is 3.39. The first-order valence-corrected chi connectivity index (χ1v) is 8.21. The number of nitrogens with one attached hydrogen (secondary N) is 1. The lowest BCUT2D eigenvalue weighted by atomic mass is 9.95. The summed E-state index contributed by atoms with van der Waals surface area (Å²) in [7, 11) is 2.06. The van der Waals surface area contributed by atoms with Crippen LogP contribution in [0.1, 0.15) is 12.8 Å². The zero-order chi connectivity index (χ0) is 12.8. The summed E-state index contributed by atoms with van der Waals surface area (Å²) in [5.74, 6) is 1.74. The Morgan fingerprint density at radius 3 is 3.00 bits per heavy atom. The lowest BCUT2D eigenvalue weighted by Crippen LogP contribution is -2.40. The molecule has 0 saturated carbocycles. The van der Waals surface area contributed by atoms with E-state index in [1.54, 1.807) is 0 Å². The van der Waals surface area contributed by atoms with Gasteiger partial charge >= 0.3 is 0 Å². The number of rotatable bonds is 5. The molecule has 0 spiro atoms. The normalized spacial score (nSPS) is 21.8. The molecule has 1 heterocycles. The lowest BCUT2D eigenvalue weighted by molar-refractivity contribution is 0.0437. The highest BCUT2D eigenvalue weighted by atomic mass is 79.9. The van der Waals surface area contributed by atoms with Crippen molar-refractivity contribution in [2.75, 3.05) is 26.0 Å². The summed E-state index contributed by atoms with van der Waals surface area (Å²) in [5, 5.41) is 3.45. The Balaban J connectivity index is 1.88. The molecule has 18 heavy (non-hydrogen) atoms. The van der Waals surface area contributed by atoms with E-state index in [-0.39, 0.29) is 0 Å². The van der Waals surface area contributed by atoms with Crippen LogP contribution in [0.15, 0.2) is 33.6 Å². The molecule has 0 aromatic heterocycles. The molecule has 1 fully saturated rings. The van der Waals surface area contributed by atoms with Crippen LogP contribution in [0, 0.1) is 5.92 Å². The molecule has 0 radical (unpaired) electrons. The summed E-state index contributed by atoms with van der Waals surface area (Å²) in [6.45, 7) is 1.84. The quantitative estimate of drug-likeness (QED) is 0.834. The van der Waals surface area contributed by atoms with Gasteiger partial charge in [0.2, 0.25) is 0 Å². The molecule has 1 aliphatic rings. The van der Waals surface area contributed by atoms with Crippen molar-refractivity contribution in [3.05, 3.63) is 28.7 Å².